The van der Waals surface area contributed by atoms with Crippen LogP contribution in [0.3, 0.4) is 0 Å². The van der Waals surface area contributed by atoms with Crippen molar-refractivity contribution in [3.63, 3.8) is 0 Å². The maximum Gasteiger partial charge on any atom is 0.234 e. The van der Waals surface area contributed by atoms with Crippen LogP contribution in [0.2, 0.25) is 15.1 Å². The molecule has 0 atom stereocenters. The van der Waals surface area contributed by atoms with E-state index in [2.05, 4.69) is 15.5 Å². The van der Waals surface area contributed by atoms with Gasteiger partial charge in [0.05, 0.1) is 22.2 Å². The lowest BCUT2D eigenvalue weighted by Gasteiger charge is -2.08. The van der Waals surface area contributed by atoms with Crippen LogP contribution in [0.4, 0.5) is 5.69 Å². The summed E-state index contributed by atoms with van der Waals surface area (Å²) < 4.78 is 1.76. The van der Waals surface area contributed by atoms with Gasteiger partial charge in [0.25, 0.3) is 0 Å². The minimum Gasteiger partial charge on any atom is -0.324 e. The van der Waals surface area contributed by atoms with Crippen LogP contribution in [-0.4, -0.2) is 26.4 Å². The first-order chi connectivity index (χ1) is 12.0. The van der Waals surface area contributed by atoms with E-state index in [9.17, 15) is 4.79 Å². The molecule has 0 unspecified atom stereocenters. The number of carbonyl (C=O) groups is 1. The van der Waals surface area contributed by atoms with Gasteiger partial charge in [0.1, 0.15) is 6.33 Å². The Morgan fingerprint density at radius 3 is 2.68 bits per heavy atom. The molecule has 3 rings (SSSR count). The van der Waals surface area contributed by atoms with Crippen molar-refractivity contribution in [3.05, 3.63) is 63.9 Å². The maximum atomic E-state index is 12.1. The van der Waals surface area contributed by atoms with Crippen LogP contribution in [0.5, 0.6) is 0 Å². The van der Waals surface area contributed by atoms with Crippen molar-refractivity contribution in [1.82, 2.24) is 14.8 Å². The Bertz CT molecular complexity index is 916. The number of amides is 1. The molecule has 2 aromatic carbocycles. The third-order valence-corrected chi connectivity index (χ3v) is 4.87. The molecule has 3 aromatic rings. The number of hydrogen-bond donors (Lipinski definition) is 1. The molecule has 0 radical (unpaired) electrons. The number of thioether (sulfide) groups is 1. The maximum absolute atomic E-state index is 12.1. The molecule has 0 saturated carbocycles. The summed E-state index contributed by atoms with van der Waals surface area (Å²) >= 11 is 19.2. The summed E-state index contributed by atoms with van der Waals surface area (Å²) in [6, 6.07) is 12.2. The molecule has 9 heteroatoms. The number of anilines is 1. The van der Waals surface area contributed by atoms with Crippen molar-refractivity contribution >= 4 is 58.2 Å². The monoisotopic (exact) mass is 412 g/mol. The number of benzene rings is 2. The Kier molecular flexibility index (Phi) is 5.86. The molecule has 1 heterocycles. The SMILES string of the molecule is O=C(CSc1nncn1-c1cccc(Cl)c1)Nc1ccc(Cl)cc1Cl. The van der Waals surface area contributed by atoms with Gasteiger partial charge in [-0.15, -0.1) is 10.2 Å². The lowest BCUT2D eigenvalue weighted by molar-refractivity contribution is -0.113. The van der Waals surface area contributed by atoms with Crippen LogP contribution in [0, 0.1) is 0 Å². The van der Waals surface area contributed by atoms with E-state index in [0.29, 0.717) is 25.9 Å². The quantitative estimate of drug-likeness (QED) is 0.601. The van der Waals surface area contributed by atoms with Gasteiger partial charge in [-0.25, -0.2) is 0 Å². The van der Waals surface area contributed by atoms with Gasteiger partial charge in [0, 0.05) is 10.0 Å². The number of carbonyl (C=O) groups excluding carboxylic acids is 1. The van der Waals surface area contributed by atoms with Gasteiger partial charge < -0.3 is 5.32 Å². The smallest absolute Gasteiger partial charge is 0.234 e. The molecular weight excluding hydrogens is 403 g/mol. The van der Waals surface area contributed by atoms with Crippen LogP contribution in [0.25, 0.3) is 5.69 Å². The average Bonchev–Trinajstić information content (AvgIpc) is 3.04. The van der Waals surface area contributed by atoms with E-state index in [4.69, 9.17) is 34.8 Å². The number of nitrogens with one attached hydrogen (secondary N) is 1. The first-order valence-electron chi connectivity index (χ1n) is 7.06. The van der Waals surface area contributed by atoms with Gasteiger partial charge >= 0.3 is 0 Å². The van der Waals surface area contributed by atoms with Gasteiger partial charge in [0.15, 0.2) is 5.16 Å². The minimum atomic E-state index is -0.213. The highest BCUT2D eigenvalue weighted by Crippen LogP contribution is 2.26. The van der Waals surface area contributed by atoms with Crippen LogP contribution in [-0.2, 0) is 4.79 Å². The molecule has 128 valence electrons. The fraction of sp³-hybridized carbons (Fsp3) is 0.0625. The second-order valence-electron chi connectivity index (χ2n) is 4.92. The molecule has 0 aliphatic heterocycles. The standard InChI is InChI=1S/C16H11Cl3N4OS/c17-10-2-1-3-12(6-10)23-9-20-22-16(23)25-8-15(24)21-14-5-4-11(18)7-13(14)19/h1-7,9H,8H2,(H,21,24). The molecule has 0 aliphatic carbocycles. The van der Waals surface area contributed by atoms with E-state index in [-0.39, 0.29) is 11.7 Å². The second kappa shape index (κ2) is 8.10. The third kappa shape index (κ3) is 4.67. The molecule has 1 aromatic heterocycles. The number of rotatable bonds is 5. The van der Waals surface area contributed by atoms with E-state index in [0.717, 1.165) is 5.69 Å². The Morgan fingerprint density at radius 1 is 1.12 bits per heavy atom. The average molecular weight is 414 g/mol. The Balaban J connectivity index is 1.66. The van der Waals surface area contributed by atoms with Crippen LogP contribution in [0.15, 0.2) is 53.9 Å². The lowest BCUT2D eigenvalue weighted by Crippen LogP contribution is -2.14. The Morgan fingerprint density at radius 2 is 1.92 bits per heavy atom. The van der Waals surface area contributed by atoms with Crippen molar-refractivity contribution < 1.29 is 4.79 Å². The summed E-state index contributed by atoms with van der Waals surface area (Å²) in [5.74, 6) is -0.0621. The van der Waals surface area contributed by atoms with E-state index >= 15 is 0 Å². The summed E-state index contributed by atoms with van der Waals surface area (Å²) in [6.07, 6.45) is 1.57. The van der Waals surface area contributed by atoms with Crippen molar-refractivity contribution in [2.45, 2.75) is 5.16 Å². The van der Waals surface area contributed by atoms with E-state index in [1.807, 2.05) is 12.1 Å². The fourth-order valence-electron chi connectivity index (χ4n) is 2.03. The van der Waals surface area contributed by atoms with E-state index in [1.165, 1.54) is 11.8 Å². The lowest BCUT2D eigenvalue weighted by atomic mass is 10.3. The highest BCUT2D eigenvalue weighted by molar-refractivity contribution is 7.99. The molecule has 1 N–H and O–H groups in total. The Hall–Kier alpha value is -1.73. The van der Waals surface area contributed by atoms with E-state index < -0.39 is 0 Å². The topological polar surface area (TPSA) is 59.8 Å². The summed E-state index contributed by atoms with van der Waals surface area (Å²) in [7, 11) is 0. The predicted molar refractivity (Wildman–Crippen MR) is 102 cm³/mol. The van der Waals surface area contributed by atoms with Crippen molar-refractivity contribution in [3.8, 4) is 5.69 Å². The minimum absolute atomic E-state index is 0.151. The zero-order valence-electron chi connectivity index (χ0n) is 12.6. The molecule has 0 bridgehead atoms. The predicted octanol–water partition coefficient (Wildman–Crippen LogP) is 4.96. The Labute approximate surface area is 163 Å². The number of aromatic nitrogens is 3. The molecular formula is C16H11Cl3N4OS. The third-order valence-electron chi connectivity index (χ3n) is 3.14. The molecule has 5 nitrogen and oxygen atoms in total. The van der Waals surface area contributed by atoms with Gasteiger partial charge in [-0.1, -0.05) is 52.6 Å². The summed E-state index contributed by atoms with van der Waals surface area (Å²) in [5, 5.41) is 12.8. The van der Waals surface area contributed by atoms with Gasteiger partial charge in [-0.05, 0) is 36.4 Å². The highest BCUT2D eigenvalue weighted by atomic mass is 35.5. The van der Waals surface area contributed by atoms with Crippen LogP contribution < -0.4 is 5.32 Å². The fourth-order valence-corrected chi connectivity index (χ4v) is 3.40. The first-order valence-corrected chi connectivity index (χ1v) is 9.18. The molecule has 1 amide bonds. The number of hydrogen-bond acceptors (Lipinski definition) is 4. The van der Waals surface area contributed by atoms with Gasteiger partial charge in [0.2, 0.25) is 5.91 Å². The van der Waals surface area contributed by atoms with Crippen LogP contribution >= 0.6 is 46.6 Å². The normalized spacial score (nSPS) is 10.7. The van der Waals surface area contributed by atoms with Gasteiger partial charge in [-0.3, -0.25) is 9.36 Å². The number of nitrogens with zero attached hydrogens (tertiary/aromatic N) is 3. The second-order valence-corrected chi connectivity index (χ2v) is 7.15. The first kappa shape index (κ1) is 18.1. The van der Waals surface area contributed by atoms with Gasteiger partial charge in [-0.2, -0.15) is 0 Å². The zero-order valence-corrected chi connectivity index (χ0v) is 15.7. The summed E-state index contributed by atoms with van der Waals surface area (Å²) in [4.78, 5) is 12.1. The molecule has 0 saturated heterocycles. The van der Waals surface area contributed by atoms with Crippen molar-refractivity contribution in [1.29, 1.82) is 0 Å². The van der Waals surface area contributed by atoms with Crippen molar-refractivity contribution in [2.75, 3.05) is 11.1 Å². The summed E-state index contributed by atoms with van der Waals surface area (Å²) in [6.45, 7) is 0. The van der Waals surface area contributed by atoms with Crippen LogP contribution in [0.1, 0.15) is 0 Å². The van der Waals surface area contributed by atoms with E-state index in [1.54, 1.807) is 41.2 Å². The number of halogens is 3. The summed E-state index contributed by atoms with van der Waals surface area (Å²) in [5.41, 5.74) is 1.33. The molecule has 0 fully saturated rings. The zero-order chi connectivity index (χ0) is 17.8. The molecule has 0 spiro atoms. The van der Waals surface area contributed by atoms with Crippen molar-refractivity contribution in [2.24, 2.45) is 0 Å². The largest absolute Gasteiger partial charge is 0.324 e. The molecule has 0 aliphatic rings. The molecule has 25 heavy (non-hydrogen) atoms. The highest BCUT2D eigenvalue weighted by Gasteiger charge is 2.12.